The average molecular weight is 306 g/mol. The van der Waals surface area contributed by atoms with Gasteiger partial charge in [-0.1, -0.05) is 6.07 Å². The number of ether oxygens (including phenoxy) is 2. The molecule has 120 valence electrons. The highest BCUT2D eigenvalue weighted by Crippen LogP contribution is 2.16. The zero-order chi connectivity index (χ0) is 15.8. The molecule has 1 amide bonds. The van der Waals surface area contributed by atoms with Crippen molar-refractivity contribution in [3.8, 4) is 0 Å². The van der Waals surface area contributed by atoms with Gasteiger partial charge < -0.3 is 14.4 Å². The van der Waals surface area contributed by atoms with Gasteiger partial charge in [-0.05, 0) is 31.4 Å². The van der Waals surface area contributed by atoms with Crippen molar-refractivity contribution in [3.05, 3.63) is 30.1 Å². The molecule has 6 heteroatoms. The molecule has 0 bridgehead atoms. The van der Waals surface area contributed by atoms with Crippen molar-refractivity contribution >= 4 is 11.9 Å². The fraction of sp³-hybridized carbons (Fsp3) is 0.562. The molecule has 0 aliphatic carbocycles. The molecule has 22 heavy (non-hydrogen) atoms. The summed E-state index contributed by atoms with van der Waals surface area (Å²) in [5.74, 6) is -0.357. The Kier molecular flexibility index (Phi) is 6.33. The molecule has 1 saturated heterocycles. The van der Waals surface area contributed by atoms with Crippen molar-refractivity contribution in [1.29, 1.82) is 0 Å². The van der Waals surface area contributed by atoms with Crippen molar-refractivity contribution in [2.45, 2.75) is 38.8 Å². The van der Waals surface area contributed by atoms with Gasteiger partial charge in [0.05, 0.1) is 13.0 Å². The first-order valence-electron chi connectivity index (χ1n) is 7.65. The van der Waals surface area contributed by atoms with E-state index >= 15 is 0 Å². The van der Waals surface area contributed by atoms with E-state index in [-0.39, 0.29) is 24.4 Å². The van der Waals surface area contributed by atoms with Crippen LogP contribution in [0.25, 0.3) is 0 Å². The lowest BCUT2D eigenvalue weighted by molar-refractivity contribution is -0.146. The molecule has 0 saturated carbocycles. The number of carbonyl (C=O) groups is 2. The van der Waals surface area contributed by atoms with E-state index in [2.05, 4.69) is 4.98 Å². The van der Waals surface area contributed by atoms with Gasteiger partial charge in [-0.2, -0.15) is 0 Å². The molecule has 6 nitrogen and oxygen atoms in total. The third kappa shape index (κ3) is 4.80. The van der Waals surface area contributed by atoms with Crippen molar-refractivity contribution in [1.82, 2.24) is 9.88 Å². The third-order valence-corrected chi connectivity index (χ3v) is 3.50. The SMILES string of the molecule is CCOC(=O)CCN(Cc1cccnc1)C(=O)[C@H]1CCCO1. The second-order valence-electron chi connectivity index (χ2n) is 5.18. The van der Waals surface area contributed by atoms with Gasteiger partial charge in [-0.3, -0.25) is 14.6 Å². The monoisotopic (exact) mass is 306 g/mol. The van der Waals surface area contributed by atoms with E-state index in [1.54, 1.807) is 24.2 Å². The number of rotatable bonds is 7. The Hall–Kier alpha value is -1.95. The summed E-state index contributed by atoms with van der Waals surface area (Å²) in [7, 11) is 0. The van der Waals surface area contributed by atoms with Crippen LogP contribution < -0.4 is 0 Å². The zero-order valence-electron chi connectivity index (χ0n) is 12.9. The fourth-order valence-electron chi connectivity index (χ4n) is 2.41. The molecule has 0 unspecified atom stereocenters. The van der Waals surface area contributed by atoms with Crippen LogP contribution in [0, 0.1) is 0 Å². The maximum absolute atomic E-state index is 12.5. The quantitative estimate of drug-likeness (QED) is 0.715. The highest BCUT2D eigenvalue weighted by atomic mass is 16.5. The summed E-state index contributed by atoms with van der Waals surface area (Å²) in [5, 5.41) is 0. The number of carbonyl (C=O) groups excluding carboxylic acids is 2. The molecule has 2 rings (SSSR count). The predicted molar refractivity (Wildman–Crippen MR) is 79.9 cm³/mol. The van der Waals surface area contributed by atoms with Crippen LogP contribution in [0.3, 0.4) is 0 Å². The van der Waals surface area contributed by atoms with Crippen LogP contribution in [0.5, 0.6) is 0 Å². The van der Waals surface area contributed by atoms with Crippen molar-refractivity contribution < 1.29 is 19.1 Å². The standard InChI is InChI=1S/C16H22N2O4/c1-2-21-15(19)7-9-18(12-13-5-3-8-17-11-13)16(20)14-6-4-10-22-14/h3,5,8,11,14H,2,4,6-7,9-10,12H2,1H3/t14-/m1/s1. The van der Waals surface area contributed by atoms with E-state index in [0.717, 1.165) is 18.4 Å². The molecule has 0 radical (unpaired) electrons. The molecule has 1 atom stereocenters. The highest BCUT2D eigenvalue weighted by molar-refractivity contribution is 5.81. The molecule has 1 aliphatic heterocycles. The first kappa shape index (κ1) is 16.4. The van der Waals surface area contributed by atoms with Crippen LogP contribution >= 0.6 is 0 Å². The Bertz CT molecular complexity index is 486. The van der Waals surface area contributed by atoms with E-state index in [1.165, 1.54) is 0 Å². The van der Waals surface area contributed by atoms with Crippen LogP contribution in [0.2, 0.25) is 0 Å². The highest BCUT2D eigenvalue weighted by Gasteiger charge is 2.28. The number of aromatic nitrogens is 1. The van der Waals surface area contributed by atoms with Gasteiger partial charge in [-0.25, -0.2) is 0 Å². The normalized spacial score (nSPS) is 17.2. The van der Waals surface area contributed by atoms with Crippen LogP contribution in [-0.2, 0) is 25.6 Å². The smallest absolute Gasteiger partial charge is 0.307 e. The number of pyridine rings is 1. The number of nitrogens with zero attached hydrogens (tertiary/aromatic N) is 2. The lowest BCUT2D eigenvalue weighted by atomic mass is 10.2. The Morgan fingerprint density at radius 3 is 3.00 bits per heavy atom. The Balaban J connectivity index is 1.99. The molecule has 1 fully saturated rings. The Labute approximate surface area is 130 Å². The van der Waals surface area contributed by atoms with Crippen LogP contribution in [0.15, 0.2) is 24.5 Å². The molecule has 1 aromatic heterocycles. The molecule has 1 aromatic rings. The van der Waals surface area contributed by atoms with Crippen molar-refractivity contribution in [3.63, 3.8) is 0 Å². The van der Waals surface area contributed by atoms with Gasteiger partial charge in [-0.15, -0.1) is 0 Å². The number of amides is 1. The average Bonchev–Trinajstić information content (AvgIpc) is 3.06. The molecule has 0 N–H and O–H groups in total. The van der Waals surface area contributed by atoms with E-state index in [1.807, 2.05) is 12.1 Å². The van der Waals surface area contributed by atoms with E-state index < -0.39 is 0 Å². The number of esters is 1. The number of hydrogen-bond donors (Lipinski definition) is 0. The van der Waals surface area contributed by atoms with Gasteiger partial charge in [0.1, 0.15) is 6.10 Å². The fourth-order valence-corrected chi connectivity index (χ4v) is 2.41. The molecular weight excluding hydrogens is 284 g/mol. The van der Waals surface area contributed by atoms with Gasteiger partial charge >= 0.3 is 5.97 Å². The molecular formula is C16H22N2O4. The summed E-state index contributed by atoms with van der Waals surface area (Å²) in [6.07, 6.45) is 4.84. The Morgan fingerprint density at radius 1 is 1.50 bits per heavy atom. The maximum Gasteiger partial charge on any atom is 0.307 e. The van der Waals surface area contributed by atoms with Crippen molar-refractivity contribution in [2.24, 2.45) is 0 Å². The largest absolute Gasteiger partial charge is 0.466 e. The second kappa shape index (κ2) is 8.48. The maximum atomic E-state index is 12.5. The minimum atomic E-state index is -0.390. The summed E-state index contributed by atoms with van der Waals surface area (Å²) in [6, 6.07) is 3.74. The Morgan fingerprint density at radius 2 is 2.36 bits per heavy atom. The zero-order valence-corrected chi connectivity index (χ0v) is 12.9. The van der Waals surface area contributed by atoms with Gasteiger partial charge in [0.25, 0.3) is 5.91 Å². The molecule has 1 aliphatic rings. The van der Waals surface area contributed by atoms with Gasteiger partial charge in [0.2, 0.25) is 0 Å². The summed E-state index contributed by atoms with van der Waals surface area (Å²) < 4.78 is 10.4. The van der Waals surface area contributed by atoms with E-state index in [0.29, 0.717) is 26.3 Å². The topological polar surface area (TPSA) is 68.7 Å². The van der Waals surface area contributed by atoms with Gasteiger partial charge in [0, 0.05) is 32.1 Å². The minimum absolute atomic E-state index is 0.0642. The predicted octanol–water partition coefficient (Wildman–Crippen LogP) is 1.54. The van der Waals surface area contributed by atoms with E-state index in [9.17, 15) is 9.59 Å². The summed E-state index contributed by atoms with van der Waals surface area (Å²) >= 11 is 0. The van der Waals surface area contributed by atoms with Crippen molar-refractivity contribution in [2.75, 3.05) is 19.8 Å². The summed E-state index contributed by atoms with van der Waals surface area (Å²) in [4.78, 5) is 29.8. The summed E-state index contributed by atoms with van der Waals surface area (Å²) in [5.41, 5.74) is 0.928. The number of hydrogen-bond acceptors (Lipinski definition) is 5. The van der Waals surface area contributed by atoms with Crippen LogP contribution in [0.1, 0.15) is 31.7 Å². The lowest BCUT2D eigenvalue weighted by Crippen LogP contribution is -2.39. The first-order valence-corrected chi connectivity index (χ1v) is 7.65. The van der Waals surface area contributed by atoms with E-state index in [4.69, 9.17) is 9.47 Å². The lowest BCUT2D eigenvalue weighted by Gasteiger charge is -2.25. The third-order valence-electron chi connectivity index (χ3n) is 3.50. The molecule has 0 aromatic carbocycles. The second-order valence-corrected chi connectivity index (χ2v) is 5.18. The molecule has 0 spiro atoms. The summed E-state index contributed by atoms with van der Waals surface area (Å²) in [6.45, 7) is 3.48. The van der Waals surface area contributed by atoms with Gasteiger partial charge in [0.15, 0.2) is 0 Å². The minimum Gasteiger partial charge on any atom is -0.466 e. The first-order chi connectivity index (χ1) is 10.7. The van der Waals surface area contributed by atoms with Crippen LogP contribution in [0.4, 0.5) is 0 Å². The molecule has 2 heterocycles. The van der Waals surface area contributed by atoms with Crippen LogP contribution in [-0.4, -0.2) is 47.6 Å².